The lowest BCUT2D eigenvalue weighted by Crippen LogP contribution is -2.66. The molecule has 9 unspecified atom stereocenters. The topological polar surface area (TPSA) is 198 Å². The van der Waals surface area contributed by atoms with Crippen LogP contribution in [0.1, 0.15) is 27.2 Å². The average Bonchev–Trinajstić information content (AvgIpc) is 2.67. The average molecular weight is 424 g/mol. The van der Waals surface area contributed by atoms with Crippen molar-refractivity contribution in [1.29, 1.82) is 0 Å². The first-order valence-corrected chi connectivity index (χ1v) is 9.36. The summed E-state index contributed by atoms with van der Waals surface area (Å²) < 4.78 is 11.0. The molecule has 0 saturated carbocycles. The van der Waals surface area contributed by atoms with Crippen LogP contribution in [0.2, 0.25) is 0 Å². The Bertz CT molecular complexity index is 536. The monoisotopic (exact) mass is 424 g/mol. The highest BCUT2D eigenvalue weighted by molar-refractivity contribution is 5.73. The molecule has 9 atom stereocenters. The van der Waals surface area contributed by atoms with Crippen LogP contribution < -0.4 is 10.6 Å². The highest BCUT2D eigenvalue weighted by Crippen LogP contribution is 2.25. The zero-order chi connectivity index (χ0) is 22.3. The van der Waals surface area contributed by atoms with Crippen molar-refractivity contribution in [3.8, 4) is 0 Å². The second-order valence-electron chi connectivity index (χ2n) is 6.99. The SMILES string of the molecule is CCC(NC(C)=O)C(O)C(OC1OC(CO)C(O)C(O)C1NC(C)=O)C(O)CO. The standard InChI is InChI=1S/C17H32N2O10/c1-4-9(18-7(2)22)13(25)16(10(24)5-20)29-17-12(19-8(3)23)15(27)14(26)11(6-21)28-17/h9-17,20-21,24-27H,4-6H2,1-3H3,(H,18,22)(H,19,23). The van der Waals surface area contributed by atoms with Gasteiger partial charge in [-0.2, -0.15) is 0 Å². The Hall–Kier alpha value is -1.38. The number of carbonyl (C=O) groups is 2. The minimum Gasteiger partial charge on any atom is -0.394 e. The number of aliphatic hydroxyl groups excluding tert-OH is 6. The fourth-order valence-electron chi connectivity index (χ4n) is 3.16. The molecule has 1 saturated heterocycles. The molecule has 0 aromatic heterocycles. The molecular weight excluding hydrogens is 392 g/mol. The van der Waals surface area contributed by atoms with Crippen LogP contribution in [0.3, 0.4) is 0 Å². The largest absolute Gasteiger partial charge is 0.394 e. The number of carbonyl (C=O) groups excluding carboxylic acids is 2. The van der Waals surface area contributed by atoms with Crippen LogP contribution in [-0.4, -0.2) is 111 Å². The van der Waals surface area contributed by atoms with Crippen molar-refractivity contribution in [1.82, 2.24) is 10.6 Å². The number of nitrogens with one attached hydrogen (secondary N) is 2. The number of hydrogen-bond donors (Lipinski definition) is 8. The summed E-state index contributed by atoms with van der Waals surface area (Å²) in [6, 6.07) is -2.14. The molecule has 0 spiro atoms. The van der Waals surface area contributed by atoms with Crippen molar-refractivity contribution in [3.05, 3.63) is 0 Å². The van der Waals surface area contributed by atoms with Gasteiger partial charge in [0.1, 0.15) is 42.7 Å². The Kier molecular flexibility index (Phi) is 10.4. The van der Waals surface area contributed by atoms with Crippen molar-refractivity contribution in [2.45, 2.75) is 82.2 Å². The molecule has 0 bridgehead atoms. The lowest BCUT2D eigenvalue weighted by atomic mass is 9.95. The van der Waals surface area contributed by atoms with Gasteiger partial charge in [-0.3, -0.25) is 9.59 Å². The third-order valence-corrected chi connectivity index (χ3v) is 4.69. The predicted octanol–water partition coefficient (Wildman–Crippen LogP) is -4.06. The number of amides is 2. The predicted molar refractivity (Wildman–Crippen MR) is 97.2 cm³/mol. The van der Waals surface area contributed by atoms with Crippen LogP contribution in [0.25, 0.3) is 0 Å². The maximum atomic E-state index is 11.5. The second kappa shape index (κ2) is 11.7. The summed E-state index contributed by atoms with van der Waals surface area (Å²) in [5.41, 5.74) is 0. The summed E-state index contributed by atoms with van der Waals surface area (Å²) in [5, 5.41) is 64.7. The van der Waals surface area contributed by atoms with Crippen LogP contribution >= 0.6 is 0 Å². The van der Waals surface area contributed by atoms with Gasteiger partial charge in [-0.05, 0) is 6.42 Å². The van der Waals surface area contributed by atoms with Gasteiger partial charge in [-0.1, -0.05) is 6.92 Å². The molecule has 2 amide bonds. The van der Waals surface area contributed by atoms with Crippen LogP contribution in [0.15, 0.2) is 0 Å². The first-order valence-electron chi connectivity index (χ1n) is 9.36. The van der Waals surface area contributed by atoms with Crippen LogP contribution in [0.5, 0.6) is 0 Å². The quantitative estimate of drug-likeness (QED) is 0.171. The van der Waals surface area contributed by atoms with Crippen molar-refractivity contribution in [2.24, 2.45) is 0 Å². The number of aliphatic hydroxyl groups is 6. The zero-order valence-electron chi connectivity index (χ0n) is 16.6. The highest BCUT2D eigenvalue weighted by atomic mass is 16.7. The third kappa shape index (κ3) is 6.83. The Morgan fingerprint density at radius 1 is 1.10 bits per heavy atom. The van der Waals surface area contributed by atoms with Gasteiger partial charge in [0.2, 0.25) is 11.8 Å². The molecule has 8 N–H and O–H groups in total. The molecular formula is C17H32N2O10. The van der Waals surface area contributed by atoms with Crippen LogP contribution in [-0.2, 0) is 19.1 Å². The first-order chi connectivity index (χ1) is 13.6. The molecule has 170 valence electrons. The Labute approximate surface area is 168 Å². The van der Waals surface area contributed by atoms with E-state index in [1.165, 1.54) is 6.92 Å². The minimum absolute atomic E-state index is 0.264. The minimum atomic E-state index is -1.61. The number of rotatable bonds is 10. The molecule has 0 aromatic rings. The maximum absolute atomic E-state index is 11.5. The van der Waals surface area contributed by atoms with Gasteiger partial charge >= 0.3 is 0 Å². The second-order valence-corrected chi connectivity index (χ2v) is 6.99. The summed E-state index contributed by atoms with van der Waals surface area (Å²) in [4.78, 5) is 22.9. The lowest BCUT2D eigenvalue weighted by Gasteiger charge is -2.44. The molecule has 0 aliphatic carbocycles. The molecule has 1 aliphatic rings. The van der Waals surface area contributed by atoms with E-state index in [1.54, 1.807) is 6.92 Å². The van der Waals surface area contributed by atoms with Gasteiger partial charge < -0.3 is 50.7 Å². The van der Waals surface area contributed by atoms with E-state index in [-0.39, 0.29) is 6.42 Å². The fraction of sp³-hybridized carbons (Fsp3) is 0.882. The van der Waals surface area contributed by atoms with E-state index in [1.807, 2.05) is 0 Å². The molecule has 1 fully saturated rings. The molecule has 12 heteroatoms. The van der Waals surface area contributed by atoms with Gasteiger partial charge in [0.05, 0.1) is 19.3 Å². The number of ether oxygens (including phenoxy) is 2. The Morgan fingerprint density at radius 3 is 2.17 bits per heavy atom. The van der Waals surface area contributed by atoms with E-state index in [0.717, 1.165) is 6.92 Å². The zero-order valence-corrected chi connectivity index (χ0v) is 16.6. The lowest BCUT2D eigenvalue weighted by molar-refractivity contribution is -0.299. The summed E-state index contributed by atoms with van der Waals surface area (Å²) in [6.07, 6.45) is -10.2. The fourth-order valence-corrected chi connectivity index (χ4v) is 3.16. The summed E-state index contributed by atoms with van der Waals surface area (Å²) in [6.45, 7) is 2.60. The molecule has 1 rings (SSSR count). The van der Waals surface area contributed by atoms with Crippen molar-refractivity contribution >= 4 is 11.8 Å². The van der Waals surface area contributed by atoms with Crippen LogP contribution in [0, 0.1) is 0 Å². The maximum Gasteiger partial charge on any atom is 0.217 e. The summed E-state index contributed by atoms with van der Waals surface area (Å²) >= 11 is 0. The van der Waals surface area contributed by atoms with E-state index >= 15 is 0 Å². The van der Waals surface area contributed by atoms with Gasteiger partial charge in [0, 0.05) is 13.8 Å². The molecule has 12 nitrogen and oxygen atoms in total. The Morgan fingerprint density at radius 2 is 1.72 bits per heavy atom. The van der Waals surface area contributed by atoms with Gasteiger partial charge in [-0.15, -0.1) is 0 Å². The van der Waals surface area contributed by atoms with Gasteiger partial charge in [0.15, 0.2) is 6.29 Å². The third-order valence-electron chi connectivity index (χ3n) is 4.69. The molecule has 1 aliphatic heterocycles. The van der Waals surface area contributed by atoms with E-state index in [0.29, 0.717) is 0 Å². The van der Waals surface area contributed by atoms with E-state index < -0.39 is 80.0 Å². The summed E-state index contributed by atoms with van der Waals surface area (Å²) in [7, 11) is 0. The normalized spacial score (nSPS) is 31.4. The van der Waals surface area contributed by atoms with Crippen LogP contribution in [0.4, 0.5) is 0 Å². The van der Waals surface area contributed by atoms with Gasteiger partial charge in [0.25, 0.3) is 0 Å². The van der Waals surface area contributed by atoms with E-state index in [9.17, 15) is 40.2 Å². The van der Waals surface area contributed by atoms with Crippen molar-refractivity contribution in [2.75, 3.05) is 13.2 Å². The smallest absolute Gasteiger partial charge is 0.217 e. The number of hydrogen-bond acceptors (Lipinski definition) is 10. The van der Waals surface area contributed by atoms with Gasteiger partial charge in [-0.25, -0.2) is 0 Å². The van der Waals surface area contributed by atoms with Crippen molar-refractivity contribution in [3.63, 3.8) is 0 Å². The molecule has 0 radical (unpaired) electrons. The molecule has 29 heavy (non-hydrogen) atoms. The van der Waals surface area contributed by atoms with E-state index in [4.69, 9.17) is 9.47 Å². The highest BCUT2D eigenvalue weighted by Gasteiger charge is 2.47. The van der Waals surface area contributed by atoms with E-state index in [2.05, 4.69) is 10.6 Å². The first kappa shape index (κ1) is 25.7. The summed E-state index contributed by atoms with van der Waals surface area (Å²) in [5.74, 6) is -1.01. The Balaban J connectivity index is 3.14. The molecule has 0 aromatic carbocycles. The molecule has 1 heterocycles. The van der Waals surface area contributed by atoms with Crippen molar-refractivity contribution < 1.29 is 49.7 Å².